The monoisotopic (exact) mass is 283 g/mol. The maximum Gasteiger partial charge on any atom is 0.115 e. The highest BCUT2D eigenvalue weighted by Crippen LogP contribution is 2.20. The van der Waals surface area contributed by atoms with Crippen LogP contribution in [0.3, 0.4) is 0 Å². The van der Waals surface area contributed by atoms with E-state index in [1.807, 2.05) is 12.1 Å². The summed E-state index contributed by atoms with van der Waals surface area (Å²) in [6.07, 6.45) is 2.08. The molecule has 0 aliphatic heterocycles. The molecule has 2 nitrogen and oxygen atoms in total. The summed E-state index contributed by atoms with van der Waals surface area (Å²) in [6.45, 7) is 6.64. The Balaban J connectivity index is 1.88. The van der Waals surface area contributed by atoms with Crippen LogP contribution in [-0.2, 0) is 6.42 Å². The van der Waals surface area contributed by atoms with E-state index in [0.29, 0.717) is 17.7 Å². The van der Waals surface area contributed by atoms with Crippen LogP contribution in [0.4, 0.5) is 5.69 Å². The first-order valence-electron chi connectivity index (χ1n) is 7.69. The standard InChI is InChI=1S/C19H25NO/c1-14(2)17-5-4-6-18(13-17)20-15(3)7-8-16-9-11-19(21)12-10-16/h4-6,9-15,20-21H,7-8H2,1-3H3. The van der Waals surface area contributed by atoms with Gasteiger partial charge in [0.2, 0.25) is 0 Å². The highest BCUT2D eigenvalue weighted by molar-refractivity contribution is 5.47. The summed E-state index contributed by atoms with van der Waals surface area (Å²) in [6, 6.07) is 16.6. The van der Waals surface area contributed by atoms with Crippen molar-refractivity contribution in [3.63, 3.8) is 0 Å². The molecule has 2 aromatic carbocycles. The third-order valence-electron chi connectivity index (χ3n) is 3.77. The fraction of sp³-hybridized carbons (Fsp3) is 0.368. The third-order valence-corrected chi connectivity index (χ3v) is 3.77. The third kappa shape index (κ3) is 4.82. The van der Waals surface area contributed by atoms with Gasteiger partial charge in [-0.25, -0.2) is 0 Å². The fourth-order valence-corrected chi connectivity index (χ4v) is 2.39. The number of anilines is 1. The molecule has 0 amide bonds. The second-order valence-electron chi connectivity index (χ2n) is 6.03. The Morgan fingerprint density at radius 2 is 1.71 bits per heavy atom. The summed E-state index contributed by atoms with van der Waals surface area (Å²) >= 11 is 0. The number of phenolic OH excluding ortho intramolecular Hbond substituents is 1. The van der Waals surface area contributed by atoms with Gasteiger partial charge in [0, 0.05) is 11.7 Å². The van der Waals surface area contributed by atoms with E-state index in [2.05, 4.69) is 50.4 Å². The number of aryl methyl sites for hydroxylation is 1. The van der Waals surface area contributed by atoms with Crippen LogP contribution in [-0.4, -0.2) is 11.1 Å². The molecule has 0 aliphatic rings. The van der Waals surface area contributed by atoms with Gasteiger partial charge in [0.25, 0.3) is 0 Å². The van der Waals surface area contributed by atoms with E-state index in [0.717, 1.165) is 12.8 Å². The van der Waals surface area contributed by atoms with E-state index in [-0.39, 0.29) is 0 Å². The molecule has 0 aliphatic carbocycles. The highest BCUT2D eigenvalue weighted by atomic mass is 16.3. The summed E-state index contributed by atoms with van der Waals surface area (Å²) in [5.74, 6) is 0.884. The normalized spacial score (nSPS) is 12.4. The molecule has 0 saturated carbocycles. The SMILES string of the molecule is CC(CCc1ccc(O)cc1)Nc1cccc(C(C)C)c1. The Labute approximate surface area is 127 Å². The number of hydrogen-bond donors (Lipinski definition) is 2. The first-order valence-corrected chi connectivity index (χ1v) is 7.69. The average Bonchev–Trinajstić information content (AvgIpc) is 2.47. The van der Waals surface area contributed by atoms with Gasteiger partial charge in [-0.1, -0.05) is 38.1 Å². The van der Waals surface area contributed by atoms with E-state index < -0.39 is 0 Å². The van der Waals surface area contributed by atoms with Crippen molar-refractivity contribution in [2.24, 2.45) is 0 Å². The zero-order chi connectivity index (χ0) is 15.2. The van der Waals surface area contributed by atoms with E-state index in [1.54, 1.807) is 12.1 Å². The summed E-state index contributed by atoms with van der Waals surface area (Å²) in [5.41, 5.74) is 3.82. The van der Waals surface area contributed by atoms with Gasteiger partial charge < -0.3 is 10.4 Å². The van der Waals surface area contributed by atoms with Crippen molar-refractivity contribution in [1.29, 1.82) is 0 Å². The number of hydrogen-bond acceptors (Lipinski definition) is 2. The molecule has 2 heteroatoms. The van der Waals surface area contributed by atoms with Crippen molar-refractivity contribution in [3.8, 4) is 5.75 Å². The maximum absolute atomic E-state index is 9.29. The quantitative estimate of drug-likeness (QED) is 0.786. The Hall–Kier alpha value is -1.96. The van der Waals surface area contributed by atoms with Gasteiger partial charge in [0.15, 0.2) is 0 Å². The van der Waals surface area contributed by atoms with Gasteiger partial charge in [0.05, 0.1) is 0 Å². The van der Waals surface area contributed by atoms with E-state index in [1.165, 1.54) is 16.8 Å². The summed E-state index contributed by atoms with van der Waals surface area (Å²) in [7, 11) is 0. The minimum absolute atomic E-state index is 0.329. The van der Waals surface area contributed by atoms with Crippen molar-refractivity contribution in [2.75, 3.05) is 5.32 Å². The predicted molar refractivity (Wildman–Crippen MR) is 90.0 cm³/mol. The zero-order valence-corrected chi connectivity index (χ0v) is 13.1. The zero-order valence-electron chi connectivity index (χ0n) is 13.1. The number of phenols is 1. The molecule has 0 bridgehead atoms. The molecule has 0 spiro atoms. The first-order chi connectivity index (χ1) is 10.0. The second kappa shape index (κ2) is 7.16. The minimum atomic E-state index is 0.329. The summed E-state index contributed by atoms with van der Waals surface area (Å²) in [4.78, 5) is 0. The van der Waals surface area contributed by atoms with E-state index in [4.69, 9.17) is 0 Å². The predicted octanol–water partition coefficient (Wildman–Crippen LogP) is 4.95. The molecule has 1 atom stereocenters. The average molecular weight is 283 g/mol. The maximum atomic E-state index is 9.29. The molecule has 2 aromatic rings. The van der Waals surface area contributed by atoms with Gasteiger partial charge in [0.1, 0.15) is 5.75 Å². The van der Waals surface area contributed by atoms with Gasteiger partial charge >= 0.3 is 0 Å². The second-order valence-corrected chi connectivity index (χ2v) is 6.03. The van der Waals surface area contributed by atoms with Crippen molar-refractivity contribution in [1.82, 2.24) is 0 Å². The smallest absolute Gasteiger partial charge is 0.115 e. The summed E-state index contributed by atoms with van der Waals surface area (Å²) < 4.78 is 0. The van der Waals surface area contributed by atoms with Crippen molar-refractivity contribution >= 4 is 5.69 Å². The summed E-state index contributed by atoms with van der Waals surface area (Å²) in [5, 5.41) is 12.9. The highest BCUT2D eigenvalue weighted by Gasteiger charge is 2.05. The molecule has 2 rings (SSSR count). The van der Waals surface area contributed by atoms with Crippen LogP contribution in [0.2, 0.25) is 0 Å². The van der Waals surface area contributed by atoms with Crippen LogP contribution < -0.4 is 5.32 Å². The Morgan fingerprint density at radius 3 is 2.38 bits per heavy atom. The Morgan fingerprint density at radius 1 is 1.00 bits per heavy atom. The molecule has 1 unspecified atom stereocenters. The number of rotatable bonds is 6. The lowest BCUT2D eigenvalue weighted by Crippen LogP contribution is -2.16. The number of aromatic hydroxyl groups is 1. The van der Waals surface area contributed by atoms with Crippen molar-refractivity contribution in [2.45, 2.75) is 45.6 Å². The minimum Gasteiger partial charge on any atom is -0.508 e. The van der Waals surface area contributed by atoms with Gasteiger partial charge in [-0.3, -0.25) is 0 Å². The lowest BCUT2D eigenvalue weighted by atomic mass is 10.0. The number of nitrogens with one attached hydrogen (secondary N) is 1. The molecule has 112 valence electrons. The van der Waals surface area contributed by atoms with Crippen LogP contribution in [0.1, 0.15) is 44.2 Å². The molecular formula is C19H25NO. The van der Waals surface area contributed by atoms with E-state index >= 15 is 0 Å². The molecule has 0 radical (unpaired) electrons. The first kappa shape index (κ1) is 15.4. The molecule has 0 saturated heterocycles. The van der Waals surface area contributed by atoms with E-state index in [9.17, 15) is 5.11 Å². The molecule has 2 N–H and O–H groups in total. The molecule has 0 fully saturated rings. The van der Waals surface area contributed by atoms with Gasteiger partial charge in [-0.15, -0.1) is 0 Å². The number of benzene rings is 2. The van der Waals surface area contributed by atoms with Crippen LogP contribution in [0, 0.1) is 0 Å². The molecule has 0 heterocycles. The van der Waals surface area contributed by atoms with Crippen LogP contribution in [0.5, 0.6) is 5.75 Å². The van der Waals surface area contributed by atoms with Crippen LogP contribution >= 0.6 is 0 Å². The lowest BCUT2D eigenvalue weighted by molar-refractivity contribution is 0.475. The Kier molecular flexibility index (Phi) is 5.26. The lowest BCUT2D eigenvalue weighted by Gasteiger charge is -2.17. The topological polar surface area (TPSA) is 32.3 Å². The van der Waals surface area contributed by atoms with Gasteiger partial charge in [-0.05, 0) is 61.1 Å². The molecule has 0 aromatic heterocycles. The van der Waals surface area contributed by atoms with Crippen molar-refractivity contribution < 1.29 is 5.11 Å². The van der Waals surface area contributed by atoms with Crippen molar-refractivity contribution in [3.05, 3.63) is 59.7 Å². The fourth-order valence-electron chi connectivity index (χ4n) is 2.39. The molecule has 21 heavy (non-hydrogen) atoms. The molecular weight excluding hydrogens is 258 g/mol. The van der Waals surface area contributed by atoms with Crippen LogP contribution in [0.25, 0.3) is 0 Å². The Bertz CT molecular complexity index is 560. The largest absolute Gasteiger partial charge is 0.508 e. The van der Waals surface area contributed by atoms with Crippen LogP contribution in [0.15, 0.2) is 48.5 Å². The van der Waals surface area contributed by atoms with Gasteiger partial charge in [-0.2, -0.15) is 0 Å².